The summed E-state index contributed by atoms with van der Waals surface area (Å²) in [7, 11) is 0. The van der Waals surface area contributed by atoms with Crippen LogP contribution in [0.3, 0.4) is 0 Å². The Kier molecular flexibility index (Phi) is 10.4. The van der Waals surface area contributed by atoms with Crippen molar-refractivity contribution in [1.29, 1.82) is 0 Å². The monoisotopic (exact) mass is 649 g/mol. The van der Waals surface area contributed by atoms with Crippen molar-refractivity contribution in [2.45, 2.75) is 43.4 Å². The van der Waals surface area contributed by atoms with Crippen molar-refractivity contribution in [2.24, 2.45) is 0 Å². The van der Waals surface area contributed by atoms with E-state index in [-0.39, 0.29) is 25.2 Å². The minimum Gasteiger partial charge on any atom is -0.508 e. The molecule has 11 heteroatoms. The van der Waals surface area contributed by atoms with Crippen LogP contribution in [0.25, 0.3) is 10.9 Å². The zero-order valence-corrected chi connectivity index (χ0v) is 25.8. The Bertz CT molecular complexity index is 1840. The van der Waals surface area contributed by atoms with Gasteiger partial charge in [0.15, 0.2) is 0 Å². The molecule has 0 bridgehead atoms. The number of carbonyl (C=O) groups excluding carboxylic acids is 2. The molecule has 0 aliphatic heterocycles. The fourth-order valence-electron chi connectivity index (χ4n) is 6.02. The van der Waals surface area contributed by atoms with E-state index in [1.807, 2.05) is 66.7 Å². The molecule has 0 fully saturated rings. The Morgan fingerprint density at radius 1 is 0.750 bits per heavy atom. The summed E-state index contributed by atoms with van der Waals surface area (Å²) in [5.41, 5.74) is 2.12. The molecule has 2 atom stereocenters. The molecule has 0 spiro atoms. The van der Waals surface area contributed by atoms with Crippen LogP contribution in [0, 0.1) is 0 Å². The van der Waals surface area contributed by atoms with Gasteiger partial charge in [0.1, 0.15) is 24.4 Å². The number of rotatable bonds is 14. The highest BCUT2D eigenvalue weighted by Crippen LogP contribution is 2.41. The van der Waals surface area contributed by atoms with Crippen molar-refractivity contribution in [2.75, 3.05) is 0 Å². The number of carbonyl (C=O) groups is 4. The predicted octanol–water partition coefficient (Wildman–Crippen LogP) is 4.94. The smallest absolute Gasteiger partial charge is 0.408 e. The van der Waals surface area contributed by atoms with Gasteiger partial charge >= 0.3 is 18.0 Å². The van der Waals surface area contributed by atoms with Gasteiger partial charge in [-0.25, -0.2) is 9.59 Å². The lowest BCUT2D eigenvalue weighted by atomic mass is 9.66. The summed E-state index contributed by atoms with van der Waals surface area (Å²) in [4.78, 5) is 55.0. The Morgan fingerprint density at radius 2 is 1.31 bits per heavy atom. The number of alkyl carbamates (subject to hydrolysis) is 1. The van der Waals surface area contributed by atoms with Crippen LogP contribution in [0.5, 0.6) is 5.75 Å². The van der Waals surface area contributed by atoms with Gasteiger partial charge in [-0.3, -0.25) is 9.59 Å². The number of fused-ring (bicyclic) bond motifs is 1. The van der Waals surface area contributed by atoms with Crippen molar-refractivity contribution in [3.05, 3.63) is 138 Å². The second kappa shape index (κ2) is 15.0. The van der Waals surface area contributed by atoms with Gasteiger partial charge in [-0.15, -0.1) is 0 Å². The van der Waals surface area contributed by atoms with Crippen molar-refractivity contribution >= 4 is 34.8 Å². The van der Waals surface area contributed by atoms with Crippen LogP contribution in [0.1, 0.15) is 28.7 Å². The average molecular weight is 650 g/mol. The molecule has 0 aliphatic carbocycles. The van der Waals surface area contributed by atoms with Crippen LogP contribution < -0.4 is 10.6 Å². The van der Waals surface area contributed by atoms with Crippen molar-refractivity contribution in [1.82, 2.24) is 15.6 Å². The third-order valence-corrected chi connectivity index (χ3v) is 8.21. The molecule has 6 N–H and O–H groups in total. The van der Waals surface area contributed by atoms with E-state index < -0.39 is 47.9 Å². The topological polar surface area (TPSA) is 178 Å². The van der Waals surface area contributed by atoms with Crippen LogP contribution in [-0.2, 0) is 44.0 Å². The number of ether oxygens (including phenoxy) is 1. The van der Waals surface area contributed by atoms with Gasteiger partial charge in [0, 0.05) is 22.5 Å². The number of nitrogens with one attached hydrogen (secondary N) is 3. The molecule has 246 valence electrons. The Labute approximate surface area is 276 Å². The molecule has 0 aliphatic rings. The number of carboxylic acids is 2. The number of phenols is 1. The maximum atomic E-state index is 14.5. The molecule has 0 unspecified atom stereocenters. The minimum atomic E-state index is -1.79. The molecule has 0 radical (unpaired) electrons. The van der Waals surface area contributed by atoms with Crippen LogP contribution in [0.2, 0.25) is 0 Å². The quantitative estimate of drug-likeness (QED) is 0.0980. The number of aromatic nitrogens is 1. The molecule has 4 aromatic carbocycles. The number of amides is 2. The minimum absolute atomic E-state index is 0.0275. The summed E-state index contributed by atoms with van der Waals surface area (Å²) >= 11 is 0. The molecule has 2 amide bonds. The summed E-state index contributed by atoms with van der Waals surface area (Å²) in [6, 6.07) is 29.0. The Balaban J connectivity index is 1.70. The first-order valence-corrected chi connectivity index (χ1v) is 15.3. The van der Waals surface area contributed by atoms with E-state index in [2.05, 4.69) is 15.6 Å². The van der Waals surface area contributed by atoms with Crippen LogP contribution in [0.15, 0.2) is 115 Å². The van der Waals surface area contributed by atoms with Gasteiger partial charge in [0.25, 0.3) is 0 Å². The maximum absolute atomic E-state index is 14.5. The highest BCUT2D eigenvalue weighted by atomic mass is 16.5. The van der Waals surface area contributed by atoms with E-state index in [9.17, 15) is 34.5 Å². The van der Waals surface area contributed by atoms with Gasteiger partial charge in [-0.1, -0.05) is 91.0 Å². The second-order valence-corrected chi connectivity index (χ2v) is 11.5. The van der Waals surface area contributed by atoms with Gasteiger partial charge in [-0.05, 0) is 53.3 Å². The molecule has 11 nitrogen and oxygen atoms in total. The van der Waals surface area contributed by atoms with Gasteiger partial charge < -0.3 is 35.7 Å². The van der Waals surface area contributed by atoms with Crippen LogP contribution in [0.4, 0.5) is 4.79 Å². The van der Waals surface area contributed by atoms with E-state index in [1.54, 1.807) is 42.6 Å². The zero-order chi connectivity index (χ0) is 34.1. The van der Waals surface area contributed by atoms with E-state index in [1.165, 1.54) is 6.07 Å². The number of hydrogen-bond acceptors (Lipinski definition) is 6. The first-order chi connectivity index (χ1) is 23.1. The molecule has 48 heavy (non-hydrogen) atoms. The highest BCUT2D eigenvalue weighted by Gasteiger charge is 2.48. The van der Waals surface area contributed by atoms with E-state index in [4.69, 9.17) is 4.74 Å². The highest BCUT2D eigenvalue weighted by molar-refractivity contribution is 5.94. The summed E-state index contributed by atoms with van der Waals surface area (Å²) in [5, 5.41) is 35.5. The normalized spacial score (nSPS) is 12.5. The molecule has 5 aromatic rings. The van der Waals surface area contributed by atoms with Crippen molar-refractivity contribution < 1.29 is 39.2 Å². The Hall–Kier alpha value is -6.10. The summed E-state index contributed by atoms with van der Waals surface area (Å²) in [6.07, 6.45) is 0.173. The van der Waals surface area contributed by atoms with Crippen LogP contribution in [-0.4, -0.2) is 56.3 Å². The number of carboxylic acid groups (broad SMARTS) is 2. The summed E-state index contributed by atoms with van der Waals surface area (Å²) in [5.74, 6) is -3.94. The van der Waals surface area contributed by atoms with E-state index in [0.29, 0.717) is 22.0 Å². The lowest BCUT2D eigenvalue weighted by Crippen LogP contribution is -2.62. The standard InChI is InChI=1S/C37H35N3O8/c41-27-16-17-30-28(18-27)29(22-38-30)37(20-24-10-4-1-5-11-24,21-25-12-6-2-7-13-25)33(34(44)39-31(35(45)46)19-32(42)43)40-36(47)48-23-26-14-8-3-9-15-26/h1-18,22,31,33,38,41H,19-21,23H2,(H,39,44)(H,40,47)(H,42,43)(H,45,46)/t31-,33+/m0/s1. The SMILES string of the molecule is O=C(O)C[C@H](NC(=O)[C@@H](NC(=O)OCc1ccccc1)C(Cc1ccccc1)(Cc1ccccc1)c1c[nH]c2ccc(O)cc12)C(=O)O. The fraction of sp³-hybridized carbons (Fsp3) is 0.189. The van der Waals surface area contributed by atoms with Crippen molar-refractivity contribution in [3.63, 3.8) is 0 Å². The lowest BCUT2D eigenvalue weighted by Gasteiger charge is -2.41. The maximum Gasteiger partial charge on any atom is 0.408 e. The van der Waals surface area contributed by atoms with Gasteiger partial charge in [-0.2, -0.15) is 0 Å². The van der Waals surface area contributed by atoms with Crippen molar-refractivity contribution in [3.8, 4) is 5.75 Å². The summed E-state index contributed by atoms with van der Waals surface area (Å²) < 4.78 is 5.56. The predicted molar refractivity (Wildman–Crippen MR) is 177 cm³/mol. The van der Waals surface area contributed by atoms with Gasteiger partial charge in [0.2, 0.25) is 5.91 Å². The molecular formula is C37H35N3O8. The van der Waals surface area contributed by atoms with E-state index >= 15 is 0 Å². The average Bonchev–Trinajstić information content (AvgIpc) is 3.50. The third-order valence-electron chi connectivity index (χ3n) is 8.21. The number of benzene rings is 4. The van der Waals surface area contributed by atoms with Gasteiger partial charge in [0.05, 0.1) is 6.42 Å². The second-order valence-electron chi connectivity index (χ2n) is 11.5. The zero-order valence-electron chi connectivity index (χ0n) is 25.8. The number of aliphatic carboxylic acids is 2. The molecule has 0 saturated carbocycles. The largest absolute Gasteiger partial charge is 0.508 e. The first kappa shape index (κ1) is 33.3. The molecule has 5 rings (SSSR count). The lowest BCUT2D eigenvalue weighted by molar-refractivity contribution is -0.147. The van der Waals surface area contributed by atoms with Crippen LogP contribution >= 0.6 is 0 Å². The fourth-order valence-corrected chi connectivity index (χ4v) is 6.02. The molecule has 1 aromatic heterocycles. The molecule has 1 heterocycles. The number of H-pyrrole nitrogens is 1. The molecular weight excluding hydrogens is 614 g/mol. The molecule has 0 saturated heterocycles. The first-order valence-electron chi connectivity index (χ1n) is 15.3. The Morgan fingerprint density at radius 3 is 1.85 bits per heavy atom. The number of aromatic hydroxyl groups is 1. The number of hydrogen-bond donors (Lipinski definition) is 6. The number of aromatic amines is 1. The number of phenolic OH excluding ortho intramolecular Hbond substituents is 1. The summed E-state index contributed by atoms with van der Waals surface area (Å²) in [6.45, 7) is -0.108. The third kappa shape index (κ3) is 8.00. The van der Waals surface area contributed by atoms with E-state index in [0.717, 1.165) is 11.1 Å².